The quantitative estimate of drug-likeness (QED) is 0.462. The molecule has 5 heteroatoms. The van der Waals surface area contributed by atoms with E-state index >= 15 is 0 Å². The first-order chi connectivity index (χ1) is 4.18. The van der Waals surface area contributed by atoms with Crippen LogP contribution < -0.4 is 5.73 Å². The Kier molecular flexibility index (Phi) is 4.06. The molecule has 0 aliphatic heterocycles. The summed E-state index contributed by atoms with van der Waals surface area (Å²) in [5.74, 6) is 0. The molecule has 0 aromatic rings. The standard InChI is InChI=1S/C4H12NO3P/c5-1-2-9(8,3-6)4-7/h6-7H,1-5H2. The number of aliphatic hydroxyl groups excluding tert-OH is 2. The van der Waals surface area contributed by atoms with Crippen molar-refractivity contribution in [1.82, 2.24) is 0 Å². The van der Waals surface area contributed by atoms with Crippen LogP contribution in [-0.2, 0) is 4.57 Å². The van der Waals surface area contributed by atoms with E-state index in [0.29, 0.717) is 0 Å². The van der Waals surface area contributed by atoms with Gasteiger partial charge in [0, 0.05) is 6.16 Å². The zero-order chi connectivity index (χ0) is 7.33. The molecular weight excluding hydrogens is 141 g/mol. The monoisotopic (exact) mass is 153 g/mol. The molecule has 0 amide bonds. The van der Waals surface area contributed by atoms with Crippen molar-refractivity contribution in [3.8, 4) is 0 Å². The lowest BCUT2D eigenvalue weighted by Crippen LogP contribution is -2.09. The maximum atomic E-state index is 11.0. The van der Waals surface area contributed by atoms with Gasteiger partial charge < -0.3 is 20.5 Å². The van der Waals surface area contributed by atoms with Crippen molar-refractivity contribution in [3.05, 3.63) is 0 Å². The Morgan fingerprint density at radius 1 is 1.33 bits per heavy atom. The first-order valence-corrected chi connectivity index (χ1v) is 4.93. The van der Waals surface area contributed by atoms with E-state index in [4.69, 9.17) is 15.9 Å². The molecule has 4 N–H and O–H groups in total. The number of aliphatic hydroxyl groups is 2. The van der Waals surface area contributed by atoms with Gasteiger partial charge in [-0.2, -0.15) is 0 Å². The predicted octanol–water partition coefficient (Wildman–Crippen LogP) is -0.792. The molecule has 9 heavy (non-hydrogen) atoms. The molecule has 4 nitrogen and oxygen atoms in total. The molecule has 0 aliphatic carbocycles. The summed E-state index contributed by atoms with van der Waals surface area (Å²) < 4.78 is 11.0. The van der Waals surface area contributed by atoms with Crippen LogP contribution in [0.15, 0.2) is 0 Å². The van der Waals surface area contributed by atoms with Crippen LogP contribution in [0.2, 0.25) is 0 Å². The molecule has 0 aromatic carbocycles. The van der Waals surface area contributed by atoms with Gasteiger partial charge in [-0.05, 0) is 6.54 Å². The first kappa shape index (κ1) is 9.11. The van der Waals surface area contributed by atoms with Gasteiger partial charge in [0.1, 0.15) is 7.14 Å². The van der Waals surface area contributed by atoms with Crippen molar-refractivity contribution >= 4 is 7.14 Å². The molecule has 0 fully saturated rings. The highest BCUT2D eigenvalue weighted by molar-refractivity contribution is 7.63. The topological polar surface area (TPSA) is 83.6 Å². The maximum absolute atomic E-state index is 11.0. The first-order valence-electron chi connectivity index (χ1n) is 2.67. The Hall–Kier alpha value is 0.110. The molecule has 0 unspecified atom stereocenters. The number of hydrogen-bond acceptors (Lipinski definition) is 4. The van der Waals surface area contributed by atoms with Gasteiger partial charge >= 0.3 is 0 Å². The lowest BCUT2D eigenvalue weighted by molar-refractivity contribution is 0.325. The van der Waals surface area contributed by atoms with Crippen LogP contribution in [0.5, 0.6) is 0 Å². The molecular formula is C4H12NO3P. The summed E-state index contributed by atoms with van der Waals surface area (Å²) >= 11 is 0. The minimum absolute atomic E-state index is 0.222. The van der Waals surface area contributed by atoms with Crippen molar-refractivity contribution in [2.24, 2.45) is 5.73 Å². The SMILES string of the molecule is NCCP(=O)(CO)CO. The molecule has 0 saturated carbocycles. The van der Waals surface area contributed by atoms with Gasteiger partial charge in [0.2, 0.25) is 0 Å². The normalized spacial score (nSPS) is 11.9. The third-order valence-corrected chi connectivity index (χ3v) is 3.16. The van der Waals surface area contributed by atoms with E-state index < -0.39 is 19.8 Å². The molecule has 56 valence electrons. The van der Waals surface area contributed by atoms with E-state index in [2.05, 4.69) is 0 Å². The highest BCUT2D eigenvalue weighted by Crippen LogP contribution is 2.41. The van der Waals surface area contributed by atoms with Crippen molar-refractivity contribution in [1.29, 1.82) is 0 Å². The second-order valence-electron chi connectivity index (χ2n) is 1.85. The fraction of sp³-hybridized carbons (Fsp3) is 1.00. The molecule has 0 saturated heterocycles. The Morgan fingerprint density at radius 3 is 1.89 bits per heavy atom. The van der Waals surface area contributed by atoms with Gasteiger partial charge in [0.25, 0.3) is 0 Å². The van der Waals surface area contributed by atoms with Crippen LogP contribution >= 0.6 is 7.14 Å². The number of rotatable bonds is 4. The van der Waals surface area contributed by atoms with Crippen LogP contribution in [-0.4, -0.2) is 35.6 Å². The van der Waals surface area contributed by atoms with Gasteiger partial charge in [-0.1, -0.05) is 0 Å². The lowest BCUT2D eigenvalue weighted by atomic mass is 10.8. The summed E-state index contributed by atoms with van der Waals surface area (Å²) in [6, 6.07) is 0. The number of hydrogen-bond donors (Lipinski definition) is 3. The zero-order valence-corrected chi connectivity index (χ0v) is 6.05. The van der Waals surface area contributed by atoms with E-state index in [1.165, 1.54) is 0 Å². The van der Waals surface area contributed by atoms with E-state index in [-0.39, 0.29) is 12.7 Å². The van der Waals surface area contributed by atoms with Crippen molar-refractivity contribution in [2.45, 2.75) is 0 Å². The fourth-order valence-corrected chi connectivity index (χ4v) is 1.26. The molecule has 0 atom stereocenters. The molecule has 0 radical (unpaired) electrons. The summed E-state index contributed by atoms with van der Waals surface area (Å²) in [4.78, 5) is 0. The van der Waals surface area contributed by atoms with E-state index in [1.807, 2.05) is 0 Å². The Morgan fingerprint density at radius 2 is 1.78 bits per heavy atom. The third-order valence-electron chi connectivity index (χ3n) is 1.05. The number of nitrogens with two attached hydrogens (primary N) is 1. The van der Waals surface area contributed by atoms with Crippen LogP contribution in [0.25, 0.3) is 0 Å². The van der Waals surface area contributed by atoms with Crippen LogP contribution in [0, 0.1) is 0 Å². The van der Waals surface area contributed by atoms with Crippen molar-refractivity contribution in [3.63, 3.8) is 0 Å². The van der Waals surface area contributed by atoms with E-state index in [1.54, 1.807) is 0 Å². The average molecular weight is 153 g/mol. The van der Waals surface area contributed by atoms with E-state index in [0.717, 1.165) is 0 Å². The molecule has 0 bridgehead atoms. The lowest BCUT2D eigenvalue weighted by Gasteiger charge is -2.09. The van der Waals surface area contributed by atoms with Crippen LogP contribution in [0.4, 0.5) is 0 Å². The second kappa shape index (κ2) is 4.01. The molecule has 0 heterocycles. The van der Waals surface area contributed by atoms with Gasteiger partial charge in [-0.3, -0.25) is 0 Å². The smallest absolute Gasteiger partial charge is 0.137 e. The predicted molar refractivity (Wildman–Crippen MR) is 35.7 cm³/mol. The largest absolute Gasteiger partial charge is 0.389 e. The molecule has 0 aliphatic rings. The summed E-state index contributed by atoms with van der Waals surface area (Å²) in [7, 11) is -2.70. The van der Waals surface area contributed by atoms with Crippen LogP contribution in [0.1, 0.15) is 0 Å². The fourth-order valence-electron chi connectivity index (χ4n) is 0.421. The van der Waals surface area contributed by atoms with Gasteiger partial charge in [-0.15, -0.1) is 0 Å². The van der Waals surface area contributed by atoms with E-state index in [9.17, 15) is 4.57 Å². The maximum Gasteiger partial charge on any atom is 0.137 e. The highest BCUT2D eigenvalue weighted by atomic mass is 31.2. The minimum atomic E-state index is -2.70. The van der Waals surface area contributed by atoms with Gasteiger partial charge in [-0.25, -0.2) is 0 Å². The van der Waals surface area contributed by atoms with Gasteiger partial charge in [0.05, 0.1) is 12.7 Å². The Bertz CT molecular complexity index is 108. The second-order valence-corrected chi connectivity index (χ2v) is 4.98. The molecule has 0 rings (SSSR count). The molecule has 0 aromatic heterocycles. The summed E-state index contributed by atoms with van der Waals surface area (Å²) in [6.45, 7) is 0.248. The van der Waals surface area contributed by atoms with Crippen molar-refractivity contribution in [2.75, 3.05) is 25.4 Å². The molecule has 0 spiro atoms. The summed E-state index contributed by atoms with van der Waals surface area (Å²) in [5.41, 5.74) is 5.07. The average Bonchev–Trinajstić information content (AvgIpc) is 1.89. The van der Waals surface area contributed by atoms with Crippen molar-refractivity contribution < 1.29 is 14.8 Å². The highest BCUT2D eigenvalue weighted by Gasteiger charge is 2.17. The zero-order valence-electron chi connectivity index (χ0n) is 5.16. The Labute approximate surface area is 54.1 Å². The summed E-state index contributed by atoms with van der Waals surface area (Å²) in [5, 5.41) is 16.9. The minimum Gasteiger partial charge on any atom is -0.389 e. The van der Waals surface area contributed by atoms with Crippen LogP contribution in [0.3, 0.4) is 0 Å². The third kappa shape index (κ3) is 2.96. The van der Waals surface area contributed by atoms with Gasteiger partial charge in [0.15, 0.2) is 0 Å². The Balaban J connectivity index is 3.78. The summed E-state index contributed by atoms with van der Waals surface area (Å²) in [6.07, 6.45) is -0.665.